The molecular weight excluding hydrogens is 426 g/mol. The van der Waals surface area contributed by atoms with E-state index in [1.807, 2.05) is 30.3 Å². The second kappa shape index (κ2) is 9.91. The third kappa shape index (κ3) is 5.62. The fraction of sp³-hybridized carbons (Fsp3) is 0.481. The normalized spacial score (nSPS) is 18.5. The van der Waals surface area contributed by atoms with Crippen LogP contribution in [0.2, 0.25) is 18.1 Å². The molecule has 0 amide bonds. The SMILES string of the molecule is CC(C)(C)[Si](C)(C)OC[C@@H]1CCCN1[C@H](Cc1ccccc1)c1nc(-c2ccccc2)no1. The van der Waals surface area contributed by atoms with Crippen LogP contribution < -0.4 is 0 Å². The molecule has 1 aliphatic rings. The van der Waals surface area contributed by atoms with Gasteiger partial charge in [-0.1, -0.05) is 86.6 Å². The van der Waals surface area contributed by atoms with Crippen molar-refractivity contribution < 1.29 is 8.95 Å². The lowest BCUT2D eigenvalue weighted by Crippen LogP contribution is -2.45. The summed E-state index contributed by atoms with van der Waals surface area (Å²) in [4.78, 5) is 7.40. The number of nitrogens with zero attached hydrogens (tertiary/aromatic N) is 3. The first-order chi connectivity index (χ1) is 15.7. The fourth-order valence-electron chi connectivity index (χ4n) is 4.23. The molecular formula is C27H37N3O2Si. The maximum atomic E-state index is 6.65. The van der Waals surface area contributed by atoms with Gasteiger partial charge in [-0.3, -0.25) is 4.90 Å². The first kappa shape index (κ1) is 23.9. The average molecular weight is 464 g/mol. The lowest BCUT2D eigenvalue weighted by molar-refractivity contribution is 0.103. The fourth-order valence-corrected chi connectivity index (χ4v) is 5.27. The summed E-state index contributed by atoms with van der Waals surface area (Å²) in [6, 6.07) is 21.0. The van der Waals surface area contributed by atoms with Gasteiger partial charge in [0.25, 0.3) is 0 Å². The summed E-state index contributed by atoms with van der Waals surface area (Å²) in [7, 11) is -1.81. The Labute approximate surface area is 199 Å². The van der Waals surface area contributed by atoms with E-state index in [4.69, 9.17) is 13.9 Å². The van der Waals surface area contributed by atoms with Gasteiger partial charge in [0.15, 0.2) is 8.32 Å². The van der Waals surface area contributed by atoms with Gasteiger partial charge in [0.1, 0.15) is 0 Å². The smallest absolute Gasteiger partial charge is 0.244 e. The van der Waals surface area contributed by atoms with Crippen molar-refractivity contribution in [2.75, 3.05) is 13.2 Å². The number of rotatable bonds is 8. The van der Waals surface area contributed by atoms with Crippen molar-refractivity contribution in [3.05, 3.63) is 72.1 Å². The van der Waals surface area contributed by atoms with Crippen molar-refractivity contribution in [3.63, 3.8) is 0 Å². The molecule has 33 heavy (non-hydrogen) atoms. The van der Waals surface area contributed by atoms with Crippen molar-refractivity contribution in [2.45, 2.75) is 70.2 Å². The highest BCUT2D eigenvalue weighted by Gasteiger charge is 2.40. The number of hydrogen-bond donors (Lipinski definition) is 0. The van der Waals surface area contributed by atoms with Gasteiger partial charge in [0.2, 0.25) is 11.7 Å². The van der Waals surface area contributed by atoms with E-state index in [1.165, 1.54) is 5.56 Å². The van der Waals surface area contributed by atoms with Gasteiger partial charge < -0.3 is 8.95 Å². The summed E-state index contributed by atoms with van der Waals surface area (Å²) >= 11 is 0. The van der Waals surface area contributed by atoms with E-state index >= 15 is 0 Å². The van der Waals surface area contributed by atoms with Gasteiger partial charge in [-0.25, -0.2) is 0 Å². The topological polar surface area (TPSA) is 51.4 Å². The Morgan fingerprint density at radius 3 is 2.39 bits per heavy atom. The molecule has 0 unspecified atom stereocenters. The van der Waals surface area contributed by atoms with Crippen LogP contribution in [-0.2, 0) is 10.8 Å². The van der Waals surface area contributed by atoms with Crippen LogP contribution in [0, 0.1) is 0 Å². The van der Waals surface area contributed by atoms with Gasteiger partial charge in [0.05, 0.1) is 6.04 Å². The van der Waals surface area contributed by atoms with E-state index in [-0.39, 0.29) is 11.1 Å². The van der Waals surface area contributed by atoms with Gasteiger partial charge in [-0.15, -0.1) is 0 Å². The Morgan fingerprint density at radius 1 is 1.06 bits per heavy atom. The molecule has 2 atom stereocenters. The standard InChI is InChI=1S/C27H37N3O2Si/c1-27(2,3)33(4,5)31-20-23-17-12-18-30(23)24(19-21-13-8-6-9-14-21)26-28-25(29-32-26)22-15-10-7-11-16-22/h6-11,13-16,23-24H,12,17-20H2,1-5H3/t23-,24+/m0/s1. The van der Waals surface area contributed by atoms with E-state index in [0.29, 0.717) is 17.8 Å². The van der Waals surface area contributed by atoms with Crippen LogP contribution in [0.15, 0.2) is 65.2 Å². The zero-order valence-electron chi connectivity index (χ0n) is 20.6. The van der Waals surface area contributed by atoms with Crippen LogP contribution in [0.1, 0.15) is 51.1 Å². The summed E-state index contributed by atoms with van der Waals surface area (Å²) in [5.74, 6) is 1.34. The Morgan fingerprint density at radius 2 is 1.73 bits per heavy atom. The maximum absolute atomic E-state index is 6.65. The van der Waals surface area contributed by atoms with Crippen molar-refractivity contribution in [2.24, 2.45) is 0 Å². The van der Waals surface area contributed by atoms with E-state index in [2.05, 4.69) is 74.3 Å². The van der Waals surface area contributed by atoms with Crippen LogP contribution in [0.25, 0.3) is 11.4 Å². The largest absolute Gasteiger partial charge is 0.415 e. The number of hydrogen-bond acceptors (Lipinski definition) is 5. The zero-order valence-corrected chi connectivity index (χ0v) is 21.6. The van der Waals surface area contributed by atoms with Gasteiger partial charge in [-0.2, -0.15) is 4.98 Å². The summed E-state index contributed by atoms with van der Waals surface area (Å²) in [6.45, 7) is 13.3. The monoisotopic (exact) mass is 463 g/mol. The number of benzene rings is 2. The molecule has 2 heterocycles. The third-order valence-electron chi connectivity index (χ3n) is 7.30. The second-order valence-electron chi connectivity index (χ2n) is 10.6. The quantitative estimate of drug-likeness (QED) is 0.357. The van der Waals surface area contributed by atoms with Crippen LogP contribution in [-0.4, -0.2) is 42.6 Å². The first-order valence-corrected chi connectivity index (χ1v) is 15.0. The molecule has 2 aromatic carbocycles. The molecule has 1 aliphatic heterocycles. The Hall–Kier alpha value is -2.28. The summed E-state index contributed by atoms with van der Waals surface area (Å²) in [5.41, 5.74) is 2.25. The molecule has 0 bridgehead atoms. The van der Waals surface area contributed by atoms with Crippen molar-refractivity contribution in [1.29, 1.82) is 0 Å². The lowest BCUT2D eigenvalue weighted by atomic mass is 10.0. The molecule has 0 radical (unpaired) electrons. The minimum Gasteiger partial charge on any atom is -0.415 e. The molecule has 1 saturated heterocycles. The van der Waals surface area contributed by atoms with Crippen molar-refractivity contribution in [1.82, 2.24) is 15.0 Å². The molecule has 0 saturated carbocycles. The van der Waals surface area contributed by atoms with Crippen LogP contribution in [0.5, 0.6) is 0 Å². The highest BCUT2D eigenvalue weighted by molar-refractivity contribution is 6.74. The molecule has 4 rings (SSSR count). The second-order valence-corrected chi connectivity index (χ2v) is 15.4. The van der Waals surface area contributed by atoms with Crippen molar-refractivity contribution in [3.8, 4) is 11.4 Å². The van der Waals surface area contributed by atoms with E-state index in [1.54, 1.807) is 0 Å². The third-order valence-corrected chi connectivity index (χ3v) is 11.8. The first-order valence-electron chi connectivity index (χ1n) is 12.1. The summed E-state index contributed by atoms with van der Waals surface area (Å²) in [5, 5.41) is 4.53. The summed E-state index contributed by atoms with van der Waals surface area (Å²) < 4.78 is 12.5. The molecule has 3 aromatic rings. The Bertz CT molecular complexity index is 1010. The van der Waals surface area contributed by atoms with Gasteiger partial charge in [0, 0.05) is 18.2 Å². The summed E-state index contributed by atoms with van der Waals surface area (Å²) in [6.07, 6.45) is 3.14. The molecule has 0 aliphatic carbocycles. The van der Waals surface area contributed by atoms with Gasteiger partial charge in [-0.05, 0) is 49.5 Å². The lowest BCUT2D eigenvalue weighted by Gasteiger charge is -2.39. The molecule has 0 N–H and O–H groups in total. The van der Waals surface area contributed by atoms with Gasteiger partial charge >= 0.3 is 0 Å². The molecule has 1 aromatic heterocycles. The van der Waals surface area contributed by atoms with Crippen molar-refractivity contribution >= 4 is 8.32 Å². The molecule has 5 nitrogen and oxygen atoms in total. The van der Waals surface area contributed by atoms with Crippen LogP contribution in [0.3, 0.4) is 0 Å². The molecule has 1 fully saturated rings. The highest BCUT2D eigenvalue weighted by atomic mass is 28.4. The Kier molecular flexibility index (Phi) is 7.17. The number of aromatic nitrogens is 2. The molecule has 176 valence electrons. The molecule has 6 heteroatoms. The maximum Gasteiger partial charge on any atom is 0.244 e. The Balaban J connectivity index is 1.59. The highest BCUT2D eigenvalue weighted by Crippen LogP contribution is 2.38. The average Bonchev–Trinajstić information content (AvgIpc) is 3.47. The van der Waals surface area contributed by atoms with E-state index < -0.39 is 8.32 Å². The zero-order chi connectivity index (χ0) is 23.5. The predicted molar refractivity (Wildman–Crippen MR) is 135 cm³/mol. The van der Waals surface area contributed by atoms with E-state index in [0.717, 1.165) is 38.0 Å². The number of likely N-dealkylation sites (tertiary alicyclic amines) is 1. The minimum atomic E-state index is -1.81. The molecule has 0 spiro atoms. The predicted octanol–water partition coefficient (Wildman–Crippen LogP) is 6.51. The minimum absolute atomic E-state index is 0.0351. The van der Waals surface area contributed by atoms with Crippen LogP contribution >= 0.6 is 0 Å². The van der Waals surface area contributed by atoms with E-state index in [9.17, 15) is 0 Å². The van der Waals surface area contributed by atoms with Crippen LogP contribution in [0.4, 0.5) is 0 Å².